The summed E-state index contributed by atoms with van der Waals surface area (Å²) in [7, 11) is -3.41. The lowest BCUT2D eigenvalue weighted by atomic mass is 10.1. The highest BCUT2D eigenvalue weighted by molar-refractivity contribution is 7.46. The third-order valence-electron chi connectivity index (χ3n) is 3.72. The average molecular weight is 377 g/mol. The fourth-order valence-corrected chi connectivity index (χ4v) is 2.98. The van der Waals surface area contributed by atoms with Crippen molar-refractivity contribution >= 4 is 24.9 Å². The molecule has 0 radical (unpaired) electrons. The Bertz CT molecular complexity index is 877. The number of nitrogens with one attached hydrogen (secondary N) is 1. The Labute approximate surface area is 139 Å². The zero-order valence-corrected chi connectivity index (χ0v) is 13.7. The molecule has 0 saturated carbocycles. The SMILES string of the molecule is COC1C(O)[C@H](COP(=O)(O)O)O[C@@H]1n1cnc2c(=O)[nH]c(N)nc21. The van der Waals surface area contributed by atoms with Crippen LogP contribution in [0.4, 0.5) is 5.95 Å². The van der Waals surface area contributed by atoms with Crippen molar-refractivity contribution in [3.8, 4) is 0 Å². The van der Waals surface area contributed by atoms with Crippen LogP contribution < -0.4 is 11.3 Å². The number of methoxy groups -OCH3 is 1. The smallest absolute Gasteiger partial charge is 0.387 e. The predicted octanol–water partition coefficient (Wildman–Crippen LogP) is -1.92. The summed E-state index contributed by atoms with van der Waals surface area (Å²) >= 11 is 0. The molecule has 4 atom stereocenters. The molecule has 138 valence electrons. The molecule has 3 rings (SSSR count). The summed E-state index contributed by atoms with van der Waals surface area (Å²) in [6.45, 7) is -0.565. The summed E-state index contributed by atoms with van der Waals surface area (Å²) in [5.41, 5.74) is 5.11. The van der Waals surface area contributed by atoms with Crippen LogP contribution >= 0.6 is 7.82 Å². The number of aromatic nitrogens is 4. The van der Waals surface area contributed by atoms with Crippen molar-refractivity contribution in [1.29, 1.82) is 0 Å². The van der Waals surface area contributed by atoms with Crippen molar-refractivity contribution in [2.45, 2.75) is 24.5 Å². The molecule has 1 aliphatic rings. The number of nitrogens with two attached hydrogens (primary N) is 1. The fourth-order valence-electron chi connectivity index (χ4n) is 2.63. The normalized spacial score (nSPS) is 27.2. The van der Waals surface area contributed by atoms with E-state index in [2.05, 4.69) is 19.5 Å². The van der Waals surface area contributed by atoms with Crippen LogP contribution in [0.2, 0.25) is 0 Å². The molecular weight excluding hydrogens is 361 g/mol. The fraction of sp³-hybridized carbons (Fsp3) is 0.545. The summed E-state index contributed by atoms with van der Waals surface area (Å²) in [6, 6.07) is 0. The molecule has 1 aliphatic heterocycles. The summed E-state index contributed by atoms with van der Waals surface area (Å²) in [6.07, 6.45) is -2.96. The standard InChI is InChI=1S/C11H16N5O8P/c1-22-7-6(17)4(2-23-25(19,20)21)24-10(7)16-3-13-5-8(16)14-11(12)15-9(5)18/h3-4,6-7,10,17H,2H2,1H3,(H2,19,20,21)(H3,12,14,15,18)/t4-,6?,7?,10-/m0/s1. The van der Waals surface area contributed by atoms with Gasteiger partial charge in [0.15, 0.2) is 17.4 Å². The van der Waals surface area contributed by atoms with E-state index in [9.17, 15) is 14.5 Å². The van der Waals surface area contributed by atoms with Crippen LogP contribution in [0, 0.1) is 0 Å². The highest BCUT2D eigenvalue weighted by Crippen LogP contribution is 2.39. The van der Waals surface area contributed by atoms with Crippen LogP contribution in [-0.4, -0.2) is 66.4 Å². The number of aliphatic hydroxyl groups excluding tert-OH is 1. The molecule has 0 aromatic carbocycles. The second kappa shape index (κ2) is 6.46. The number of hydrogen-bond acceptors (Lipinski definition) is 9. The first-order chi connectivity index (χ1) is 11.7. The Morgan fingerprint density at radius 1 is 1.52 bits per heavy atom. The van der Waals surface area contributed by atoms with Gasteiger partial charge in [0.2, 0.25) is 5.95 Å². The molecule has 6 N–H and O–H groups in total. The number of hydrogen-bond donors (Lipinski definition) is 5. The summed E-state index contributed by atoms with van der Waals surface area (Å²) < 4.78 is 27.4. The Hall–Kier alpha value is -1.86. The Balaban J connectivity index is 1.94. The Morgan fingerprint density at radius 3 is 2.88 bits per heavy atom. The number of phosphoric ester groups is 1. The first-order valence-corrected chi connectivity index (χ1v) is 8.53. The first-order valence-electron chi connectivity index (χ1n) is 7.00. The number of aliphatic hydroxyl groups is 1. The van der Waals surface area contributed by atoms with Crippen LogP contribution in [0.1, 0.15) is 6.23 Å². The molecule has 14 heteroatoms. The molecule has 13 nitrogen and oxygen atoms in total. The topological polar surface area (TPSA) is 195 Å². The average Bonchev–Trinajstić information content (AvgIpc) is 3.05. The van der Waals surface area contributed by atoms with Gasteiger partial charge in [-0.1, -0.05) is 0 Å². The van der Waals surface area contributed by atoms with Crippen LogP contribution in [0.3, 0.4) is 0 Å². The zero-order chi connectivity index (χ0) is 18.4. The summed E-state index contributed by atoms with van der Waals surface area (Å²) in [4.78, 5) is 39.6. The molecule has 1 saturated heterocycles. The van der Waals surface area contributed by atoms with Crippen LogP contribution in [0.15, 0.2) is 11.1 Å². The van der Waals surface area contributed by atoms with E-state index in [1.165, 1.54) is 18.0 Å². The number of anilines is 1. The van der Waals surface area contributed by atoms with Gasteiger partial charge in [0.05, 0.1) is 12.9 Å². The summed E-state index contributed by atoms with van der Waals surface area (Å²) in [5.74, 6) is -0.131. The molecule has 2 aromatic heterocycles. The van der Waals surface area contributed by atoms with E-state index in [-0.39, 0.29) is 17.1 Å². The highest BCUT2D eigenvalue weighted by atomic mass is 31.2. The maximum atomic E-state index is 11.8. The minimum atomic E-state index is -4.73. The molecule has 1 fully saturated rings. The first kappa shape index (κ1) is 17.9. The van der Waals surface area contributed by atoms with E-state index in [1.807, 2.05) is 0 Å². The van der Waals surface area contributed by atoms with E-state index >= 15 is 0 Å². The molecule has 3 heterocycles. The molecular formula is C11H16N5O8P. The number of fused-ring (bicyclic) bond motifs is 1. The predicted molar refractivity (Wildman–Crippen MR) is 81.3 cm³/mol. The number of aromatic amines is 1. The number of nitrogens with zero attached hydrogens (tertiary/aromatic N) is 3. The van der Waals surface area contributed by atoms with Gasteiger partial charge in [-0.05, 0) is 0 Å². The van der Waals surface area contributed by atoms with Gasteiger partial charge < -0.3 is 30.1 Å². The molecule has 25 heavy (non-hydrogen) atoms. The minimum Gasteiger partial charge on any atom is -0.387 e. The second-order valence-electron chi connectivity index (χ2n) is 5.32. The lowest BCUT2D eigenvalue weighted by molar-refractivity contribution is -0.0578. The molecule has 0 spiro atoms. The van der Waals surface area contributed by atoms with Crippen LogP contribution in [0.5, 0.6) is 0 Å². The van der Waals surface area contributed by atoms with Crippen molar-refractivity contribution in [1.82, 2.24) is 19.5 Å². The van der Waals surface area contributed by atoms with Crippen molar-refractivity contribution in [3.05, 3.63) is 16.7 Å². The van der Waals surface area contributed by atoms with Gasteiger partial charge in [-0.3, -0.25) is 18.9 Å². The molecule has 2 unspecified atom stereocenters. The third-order valence-corrected chi connectivity index (χ3v) is 4.20. The monoisotopic (exact) mass is 377 g/mol. The largest absolute Gasteiger partial charge is 0.469 e. The minimum absolute atomic E-state index is 0.0112. The third kappa shape index (κ3) is 3.43. The van der Waals surface area contributed by atoms with Crippen molar-refractivity contribution in [2.75, 3.05) is 19.5 Å². The molecule has 0 amide bonds. The van der Waals surface area contributed by atoms with E-state index in [4.69, 9.17) is 25.0 Å². The van der Waals surface area contributed by atoms with Gasteiger partial charge in [0.25, 0.3) is 5.56 Å². The highest BCUT2D eigenvalue weighted by Gasteiger charge is 2.46. The van der Waals surface area contributed by atoms with Crippen molar-refractivity contribution < 1.29 is 33.5 Å². The number of nitrogen functional groups attached to an aromatic ring is 1. The van der Waals surface area contributed by atoms with Gasteiger partial charge in [0.1, 0.15) is 18.3 Å². The Kier molecular flexibility index (Phi) is 4.64. The molecule has 0 aliphatic carbocycles. The quantitative estimate of drug-likeness (QED) is 0.364. The van der Waals surface area contributed by atoms with Gasteiger partial charge in [0, 0.05) is 7.11 Å². The van der Waals surface area contributed by atoms with E-state index < -0.39 is 44.5 Å². The molecule has 0 bridgehead atoms. The number of H-pyrrole nitrogens is 1. The van der Waals surface area contributed by atoms with E-state index in [1.54, 1.807) is 0 Å². The van der Waals surface area contributed by atoms with Gasteiger partial charge in [-0.2, -0.15) is 4.98 Å². The number of ether oxygens (including phenoxy) is 2. The number of phosphoric acid groups is 1. The van der Waals surface area contributed by atoms with Crippen molar-refractivity contribution in [2.24, 2.45) is 0 Å². The molecule has 2 aromatic rings. The van der Waals surface area contributed by atoms with E-state index in [0.717, 1.165) is 0 Å². The number of rotatable bonds is 5. The Morgan fingerprint density at radius 2 is 2.24 bits per heavy atom. The van der Waals surface area contributed by atoms with E-state index in [0.29, 0.717) is 0 Å². The number of imidazole rings is 1. The maximum Gasteiger partial charge on any atom is 0.469 e. The second-order valence-corrected chi connectivity index (χ2v) is 6.56. The maximum absolute atomic E-state index is 11.8. The lowest BCUT2D eigenvalue weighted by Gasteiger charge is -2.19. The zero-order valence-electron chi connectivity index (χ0n) is 12.8. The summed E-state index contributed by atoms with van der Waals surface area (Å²) in [5, 5.41) is 10.3. The van der Waals surface area contributed by atoms with Gasteiger partial charge in [-0.15, -0.1) is 0 Å². The van der Waals surface area contributed by atoms with Crippen molar-refractivity contribution in [3.63, 3.8) is 0 Å². The van der Waals surface area contributed by atoms with Gasteiger partial charge >= 0.3 is 7.82 Å². The van der Waals surface area contributed by atoms with Gasteiger partial charge in [-0.25, -0.2) is 9.55 Å². The van der Waals surface area contributed by atoms with Crippen LogP contribution in [0.25, 0.3) is 11.2 Å². The lowest BCUT2D eigenvalue weighted by Crippen LogP contribution is -2.35. The van der Waals surface area contributed by atoms with Crippen LogP contribution in [-0.2, 0) is 18.6 Å².